The number of para-hydroxylation sites is 1. The van der Waals surface area contributed by atoms with Gasteiger partial charge in [-0.2, -0.15) is 0 Å². The molecule has 0 saturated carbocycles. The highest BCUT2D eigenvalue weighted by Crippen LogP contribution is 2.53. The van der Waals surface area contributed by atoms with Crippen LogP contribution in [0.15, 0.2) is 36.4 Å². The number of rotatable bonds is 2. The van der Waals surface area contributed by atoms with Gasteiger partial charge in [-0.1, -0.05) is 52.0 Å². The Morgan fingerprint density at radius 2 is 2.00 bits per heavy atom. The van der Waals surface area contributed by atoms with Gasteiger partial charge in [0.25, 0.3) is 0 Å². The summed E-state index contributed by atoms with van der Waals surface area (Å²) in [4.78, 5) is 0. The van der Waals surface area contributed by atoms with Crippen LogP contribution >= 0.6 is 0 Å². The van der Waals surface area contributed by atoms with Gasteiger partial charge in [-0.05, 0) is 29.2 Å². The van der Waals surface area contributed by atoms with Gasteiger partial charge in [0.15, 0.2) is 11.5 Å². The molecule has 0 saturated heterocycles. The molecule has 2 aromatic rings. The lowest BCUT2D eigenvalue weighted by molar-refractivity contribution is 0.131. The molecule has 0 amide bonds. The average molecular weight is 337 g/mol. The van der Waals surface area contributed by atoms with E-state index in [-0.39, 0.29) is 11.5 Å². The van der Waals surface area contributed by atoms with E-state index in [1.165, 1.54) is 22.4 Å². The maximum atomic E-state index is 6.18. The molecule has 4 rings (SSSR count). The highest BCUT2D eigenvalue weighted by Gasteiger charge is 2.46. The van der Waals surface area contributed by atoms with Gasteiger partial charge in [-0.15, -0.1) is 0 Å². The molecule has 2 atom stereocenters. The SMILES string of the molecule is COc1cccc2c1OC[C@@H]1[C@@H]2Nc2ccc(C(C)C)cc2C1(C)C. The third kappa shape index (κ3) is 2.40. The van der Waals surface area contributed by atoms with Crippen LogP contribution in [0.4, 0.5) is 5.69 Å². The first-order valence-corrected chi connectivity index (χ1v) is 9.14. The molecule has 2 aliphatic heterocycles. The van der Waals surface area contributed by atoms with Gasteiger partial charge in [-0.3, -0.25) is 0 Å². The minimum Gasteiger partial charge on any atom is -0.493 e. The third-order valence-corrected chi connectivity index (χ3v) is 6.02. The predicted molar refractivity (Wildman–Crippen MR) is 102 cm³/mol. The molecule has 0 unspecified atom stereocenters. The lowest BCUT2D eigenvalue weighted by Gasteiger charge is -2.48. The van der Waals surface area contributed by atoms with Crippen LogP contribution in [0.2, 0.25) is 0 Å². The highest BCUT2D eigenvalue weighted by molar-refractivity contribution is 5.63. The first kappa shape index (κ1) is 16.3. The topological polar surface area (TPSA) is 30.5 Å². The van der Waals surface area contributed by atoms with Crippen molar-refractivity contribution in [3.05, 3.63) is 53.1 Å². The maximum absolute atomic E-state index is 6.18. The number of anilines is 1. The molecule has 2 aliphatic rings. The first-order valence-electron chi connectivity index (χ1n) is 9.14. The van der Waals surface area contributed by atoms with E-state index in [9.17, 15) is 0 Å². The Labute approximate surface area is 150 Å². The standard InChI is InChI=1S/C22H27NO2/c1-13(2)14-9-10-18-16(11-14)22(3,4)17-12-25-21-15(20(17)23-18)7-6-8-19(21)24-5/h6-11,13,17,20,23H,12H2,1-5H3/t17-,20-/m1/s1. The van der Waals surface area contributed by atoms with E-state index >= 15 is 0 Å². The van der Waals surface area contributed by atoms with Crippen molar-refractivity contribution >= 4 is 5.69 Å². The molecule has 0 radical (unpaired) electrons. The van der Waals surface area contributed by atoms with Crippen LogP contribution in [-0.2, 0) is 5.41 Å². The van der Waals surface area contributed by atoms with Crippen LogP contribution in [0.5, 0.6) is 11.5 Å². The van der Waals surface area contributed by atoms with E-state index in [1.807, 2.05) is 6.07 Å². The monoisotopic (exact) mass is 337 g/mol. The van der Waals surface area contributed by atoms with Crippen molar-refractivity contribution in [1.29, 1.82) is 0 Å². The molecule has 0 fully saturated rings. The minimum atomic E-state index is 0.0386. The molecule has 0 aliphatic carbocycles. The van der Waals surface area contributed by atoms with Gasteiger partial charge in [-0.25, -0.2) is 0 Å². The number of hydrogen-bond acceptors (Lipinski definition) is 3. The van der Waals surface area contributed by atoms with Crippen LogP contribution in [0, 0.1) is 5.92 Å². The van der Waals surface area contributed by atoms with Crippen LogP contribution in [-0.4, -0.2) is 13.7 Å². The molecule has 0 bridgehead atoms. The van der Waals surface area contributed by atoms with Crippen molar-refractivity contribution in [2.45, 2.75) is 45.1 Å². The molecule has 2 aromatic carbocycles. The van der Waals surface area contributed by atoms with Crippen molar-refractivity contribution in [3.8, 4) is 11.5 Å². The van der Waals surface area contributed by atoms with Gasteiger partial charge in [0.2, 0.25) is 0 Å². The van der Waals surface area contributed by atoms with Crippen LogP contribution in [0.1, 0.15) is 56.3 Å². The molecule has 1 N–H and O–H groups in total. The zero-order valence-corrected chi connectivity index (χ0v) is 15.7. The number of ether oxygens (including phenoxy) is 2. The Morgan fingerprint density at radius 3 is 2.72 bits per heavy atom. The zero-order chi connectivity index (χ0) is 17.8. The van der Waals surface area contributed by atoms with E-state index in [4.69, 9.17) is 9.47 Å². The molecule has 2 heterocycles. The van der Waals surface area contributed by atoms with Crippen molar-refractivity contribution in [2.24, 2.45) is 5.92 Å². The molecular formula is C22H27NO2. The second-order valence-corrected chi connectivity index (χ2v) is 8.10. The Hall–Kier alpha value is -2.16. The number of fused-ring (bicyclic) bond motifs is 4. The molecule has 25 heavy (non-hydrogen) atoms. The Balaban J connectivity index is 1.83. The number of methoxy groups -OCH3 is 1. The van der Waals surface area contributed by atoms with Crippen LogP contribution in [0.25, 0.3) is 0 Å². The maximum Gasteiger partial charge on any atom is 0.166 e. The van der Waals surface area contributed by atoms with Crippen LogP contribution < -0.4 is 14.8 Å². The van der Waals surface area contributed by atoms with E-state index in [1.54, 1.807) is 7.11 Å². The Kier molecular flexibility index (Phi) is 3.71. The summed E-state index contributed by atoms with van der Waals surface area (Å²) in [5, 5.41) is 3.79. The van der Waals surface area contributed by atoms with Gasteiger partial charge >= 0.3 is 0 Å². The van der Waals surface area contributed by atoms with Crippen LogP contribution in [0.3, 0.4) is 0 Å². The summed E-state index contributed by atoms with van der Waals surface area (Å²) in [7, 11) is 1.70. The fourth-order valence-corrected chi connectivity index (χ4v) is 4.33. The summed E-state index contributed by atoms with van der Waals surface area (Å²) in [5.74, 6) is 2.61. The van der Waals surface area contributed by atoms with Crippen molar-refractivity contribution in [3.63, 3.8) is 0 Å². The number of hydrogen-bond donors (Lipinski definition) is 1. The van der Waals surface area contributed by atoms with E-state index in [2.05, 4.69) is 63.3 Å². The fourth-order valence-electron chi connectivity index (χ4n) is 4.33. The van der Waals surface area contributed by atoms with E-state index in [0.717, 1.165) is 11.5 Å². The van der Waals surface area contributed by atoms with Crippen molar-refractivity contribution < 1.29 is 9.47 Å². The summed E-state index contributed by atoms with van der Waals surface area (Å²) < 4.78 is 11.7. The molecule has 3 heteroatoms. The number of nitrogens with one attached hydrogen (secondary N) is 1. The summed E-state index contributed by atoms with van der Waals surface area (Å²) in [6.45, 7) is 9.90. The summed E-state index contributed by atoms with van der Waals surface area (Å²) in [6.07, 6.45) is 0. The van der Waals surface area contributed by atoms with Gasteiger partial charge in [0, 0.05) is 22.6 Å². The molecule has 3 nitrogen and oxygen atoms in total. The number of benzene rings is 2. The lowest BCUT2D eigenvalue weighted by Crippen LogP contribution is -2.46. The largest absolute Gasteiger partial charge is 0.493 e. The van der Waals surface area contributed by atoms with Gasteiger partial charge in [0.1, 0.15) is 0 Å². The average Bonchev–Trinajstić information content (AvgIpc) is 2.60. The highest BCUT2D eigenvalue weighted by atomic mass is 16.5. The summed E-state index contributed by atoms with van der Waals surface area (Å²) >= 11 is 0. The van der Waals surface area contributed by atoms with Gasteiger partial charge < -0.3 is 14.8 Å². The predicted octanol–water partition coefficient (Wildman–Crippen LogP) is 5.27. The van der Waals surface area contributed by atoms with E-state index < -0.39 is 0 Å². The Bertz CT molecular complexity index is 810. The first-order chi connectivity index (χ1) is 11.9. The fraction of sp³-hybridized carbons (Fsp3) is 0.455. The van der Waals surface area contributed by atoms with Crippen molar-refractivity contribution in [1.82, 2.24) is 0 Å². The van der Waals surface area contributed by atoms with Gasteiger partial charge in [0.05, 0.1) is 19.8 Å². The Morgan fingerprint density at radius 1 is 1.20 bits per heavy atom. The third-order valence-electron chi connectivity index (χ3n) is 6.02. The summed E-state index contributed by atoms with van der Waals surface area (Å²) in [6, 6.07) is 13.3. The van der Waals surface area contributed by atoms with Crippen molar-refractivity contribution in [2.75, 3.05) is 19.0 Å². The van der Waals surface area contributed by atoms with E-state index in [0.29, 0.717) is 18.4 Å². The lowest BCUT2D eigenvalue weighted by atomic mass is 9.65. The quantitative estimate of drug-likeness (QED) is 0.809. The molecular weight excluding hydrogens is 310 g/mol. The molecule has 0 aromatic heterocycles. The smallest absolute Gasteiger partial charge is 0.166 e. The zero-order valence-electron chi connectivity index (χ0n) is 15.7. The summed E-state index contributed by atoms with van der Waals surface area (Å²) in [5.41, 5.74) is 5.27. The second-order valence-electron chi connectivity index (χ2n) is 8.10. The second kappa shape index (κ2) is 5.69. The minimum absolute atomic E-state index is 0.0386. The molecule has 0 spiro atoms. The molecule has 132 valence electrons. The normalized spacial score (nSPS) is 23.0.